The van der Waals surface area contributed by atoms with Gasteiger partial charge in [0.1, 0.15) is 0 Å². The zero-order valence-electron chi connectivity index (χ0n) is 17.1. The van der Waals surface area contributed by atoms with E-state index in [0.29, 0.717) is 23.7 Å². The first-order valence-electron chi connectivity index (χ1n) is 10.2. The van der Waals surface area contributed by atoms with Gasteiger partial charge in [-0.05, 0) is 92.9 Å². The van der Waals surface area contributed by atoms with Crippen LogP contribution in [0.25, 0.3) is 11.0 Å². The Labute approximate surface area is 157 Å². The molecule has 0 spiro atoms. The van der Waals surface area contributed by atoms with Crippen molar-refractivity contribution in [1.82, 2.24) is 9.97 Å². The Bertz CT molecular complexity index is 836. The van der Waals surface area contributed by atoms with Gasteiger partial charge >= 0.3 is 0 Å². The van der Waals surface area contributed by atoms with Gasteiger partial charge in [-0.3, -0.25) is 9.97 Å². The van der Waals surface area contributed by atoms with Crippen molar-refractivity contribution >= 4 is 11.0 Å². The second kappa shape index (κ2) is 6.30. The summed E-state index contributed by atoms with van der Waals surface area (Å²) in [7, 11) is 0. The Morgan fingerprint density at radius 3 is 2.42 bits per heavy atom. The van der Waals surface area contributed by atoms with E-state index in [2.05, 4.69) is 41.5 Å². The third-order valence-corrected chi connectivity index (χ3v) is 6.73. The highest BCUT2D eigenvalue weighted by Gasteiger charge is 2.41. The summed E-state index contributed by atoms with van der Waals surface area (Å²) in [6.07, 6.45) is 7.35. The van der Waals surface area contributed by atoms with Crippen molar-refractivity contribution in [3.05, 3.63) is 34.6 Å². The van der Waals surface area contributed by atoms with Crippen molar-refractivity contribution in [3.63, 3.8) is 0 Å². The molecular formula is C23H32N2O. The number of ether oxygens (including phenoxy) is 1. The van der Waals surface area contributed by atoms with Gasteiger partial charge in [0, 0.05) is 12.4 Å². The Kier molecular flexibility index (Phi) is 4.34. The van der Waals surface area contributed by atoms with Crippen molar-refractivity contribution in [3.8, 4) is 0 Å². The molecule has 0 aliphatic heterocycles. The van der Waals surface area contributed by atoms with Crippen LogP contribution in [0.15, 0.2) is 12.4 Å². The number of aromatic nitrogens is 2. The quantitative estimate of drug-likeness (QED) is 0.711. The Morgan fingerprint density at radius 2 is 1.73 bits per heavy atom. The fraction of sp³-hybridized carbons (Fsp3) is 0.652. The molecule has 0 bridgehead atoms. The third kappa shape index (κ3) is 2.85. The minimum absolute atomic E-state index is 0.0733. The van der Waals surface area contributed by atoms with Crippen molar-refractivity contribution in [2.24, 2.45) is 11.8 Å². The monoisotopic (exact) mass is 352 g/mol. The Balaban J connectivity index is 1.85. The first-order chi connectivity index (χ1) is 12.3. The van der Waals surface area contributed by atoms with E-state index in [1.807, 2.05) is 12.4 Å². The number of benzene rings is 1. The summed E-state index contributed by atoms with van der Waals surface area (Å²) in [4.78, 5) is 9.48. The molecule has 3 nitrogen and oxygen atoms in total. The molecule has 0 radical (unpaired) electrons. The van der Waals surface area contributed by atoms with E-state index < -0.39 is 0 Å². The molecule has 1 heterocycles. The summed E-state index contributed by atoms with van der Waals surface area (Å²) >= 11 is 0. The summed E-state index contributed by atoms with van der Waals surface area (Å²) in [5, 5.41) is 0. The maximum Gasteiger partial charge on any atom is 0.0927 e. The van der Waals surface area contributed by atoms with E-state index in [0.717, 1.165) is 24.1 Å². The molecule has 26 heavy (non-hydrogen) atoms. The fourth-order valence-electron chi connectivity index (χ4n) is 5.22. The smallest absolute Gasteiger partial charge is 0.0927 e. The predicted octanol–water partition coefficient (Wildman–Crippen LogP) is 5.54. The van der Waals surface area contributed by atoms with Gasteiger partial charge in [-0.2, -0.15) is 0 Å². The number of hydrogen-bond acceptors (Lipinski definition) is 3. The summed E-state index contributed by atoms with van der Waals surface area (Å²) in [6.45, 7) is 14.4. The van der Waals surface area contributed by atoms with Crippen LogP contribution >= 0.6 is 0 Å². The molecule has 4 rings (SSSR count). The average Bonchev–Trinajstić information content (AvgIpc) is 2.59. The van der Waals surface area contributed by atoms with Crippen LogP contribution in [-0.4, -0.2) is 22.2 Å². The summed E-state index contributed by atoms with van der Waals surface area (Å²) < 4.78 is 6.22. The minimum Gasteiger partial charge on any atom is -0.376 e. The lowest BCUT2D eigenvalue weighted by Crippen LogP contribution is -2.36. The van der Waals surface area contributed by atoms with Crippen LogP contribution < -0.4 is 0 Å². The standard InChI is InChI=1S/C23H32N2O/c1-13-7-8-17-14(2)16(12-26-23(4,5)6)11-18-15(3)21-22(19(13)20(17)18)25-10-9-24-21/h9-10,13-14,16-17H,7-8,11-12H2,1-6H3/t13-,14-,16?,17+/m0/s1. The van der Waals surface area contributed by atoms with Gasteiger partial charge in [-0.25, -0.2) is 0 Å². The van der Waals surface area contributed by atoms with Gasteiger partial charge in [0.15, 0.2) is 0 Å². The van der Waals surface area contributed by atoms with Crippen molar-refractivity contribution in [2.45, 2.75) is 78.2 Å². The van der Waals surface area contributed by atoms with Crippen molar-refractivity contribution in [1.29, 1.82) is 0 Å². The SMILES string of the molecule is Cc1c2c3c(c4nccnc14)[C@@H](C)CC[C@@H]3[C@@H](C)C(COC(C)(C)C)C2. The number of nitrogens with zero attached hydrogens (tertiary/aromatic N) is 2. The topological polar surface area (TPSA) is 35.0 Å². The Morgan fingerprint density at radius 1 is 1.04 bits per heavy atom. The predicted molar refractivity (Wildman–Crippen MR) is 107 cm³/mol. The first-order valence-corrected chi connectivity index (χ1v) is 10.2. The van der Waals surface area contributed by atoms with E-state index in [4.69, 9.17) is 14.7 Å². The normalized spacial score (nSPS) is 28.2. The molecule has 0 saturated heterocycles. The van der Waals surface area contributed by atoms with Gasteiger partial charge in [0.05, 0.1) is 23.2 Å². The van der Waals surface area contributed by atoms with E-state index in [1.54, 1.807) is 11.1 Å². The highest BCUT2D eigenvalue weighted by atomic mass is 16.5. The highest BCUT2D eigenvalue weighted by molar-refractivity contribution is 5.85. The molecular weight excluding hydrogens is 320 g/mol. The zero-order chi connectivity index (χ0) is 18.6. The van der Waals surface area contributed by atoms with E-state index in [-0.39, 0.29) is 5.60 Å². The molecule has 0 amide bonds. The highest BCUT2D eigenvalue weighted by Crippen LogP contribution is 2.52. The fourth-order valence-corrected chi connectivity index (χ4v) is 5.22. The molecule has 2 aliphatic carbocycles. The lowest BCUT2D eigenvalue weighted by molar-refractivity contribution is -0.0353. The lowest BCUT2D eigenvalue weighted by atomic mass is 9.61. The van der Waals surface area contributed by atoms with Crippen LogP contribution in [0.2, 0.25) is 0 Å². The molecule has 2 aromatic rings. The number of aryl methyl sites for hydroxylation is 1. The van der Waals surface area contributed by atoms with E-state index in [9.17, 15) is 0 Å². The average molecular weight is 353 g/mol. The first kappa shape index (κ1) is 17.9. The number of hydrogen-bond donors (Lipinski definition) is 0. The van der Waals surface area contributed by atoms with Crippen LogP contribution in [-0.2, 0) is 11.2 Å². The van der Waals surface area contributed by atoms with E-state index in [1.165, 1.54) is 24.0 Å². The van der Waals surface area contributed by atoms with Gasteiger partial charge in [-0.1, -0.05) is 13.8 Å². The van der Waals surface area contributed by atoms with Crippen LogP contribution in [0.4, 0.5) is 0 Å². The largest absolute Gasteiger partial charge is 0.376 e. The molecule has 4 atom stereocenters. The van der Waals surface area contributed by atoms with E-state index >= 15 is 0 Å². The third-order valence-electron chi connectivity index (χ3n) is 6.73. The maximum absolute atomic E-state index is 6.22. The van der Waals surface area contributed by atoms with Gasteiger partial charge in [-0.15, -0.1) is 0 Å². The number of fused-ring (bicyclic) bond motifs is 2. The van der Waals surface area contributed by atoms with Crippen LogP contribution in [0.3, 0.4) is 0 Å². The van der Waals surface area contributed by atoms with Gasteiger partial charge in [0.25, 0.3) is 0 Å². The molecule has 0 N–H and O–H groups in total. The molecule has 1 aromatic heterocycles. The van der Waals surface area contributed by atoms with Crippen LogP contribution in [0, 0.1) is 18.8 Å². The molecule has 3 heteroatoms. The number of rotatable bonds is 2. The zero-order valence-corrected chi connectivity index (χ0v) is 17.1. The maximum atomic E-state index is 6.22. The Hall–Kier alpha value is -1.48. The lowest BCUT2D eigenvalue weighted by Gasteiger charge is -2.44. The van der Waals surface area contributed by atoms with Gasteiger partial charge < -0.3 is 4.74 Å². The second-order valence-corrected chi connectivity index (χ2v) is 9.52. The molecule has 2 aliphatic rings. The van der Waals surface area contributed by atoms with Crippen LogP contribution in [0.1, 0.15) is 81.5 Å². The summed E-state index contributed by atoms with van der Waals surface area (Å²) in [5.74, 6) is 2.46. The minimum atomic E-state index is -0.0733. The molecule has 140 valence electrons. The molecule has 0 saturated carbocycles. The summed E-state index contributed by atoms with van der Waals surface area (Å²) in [5.41, 5.74) is 8.19. The van der Waals surface area contributed by atoms with Crippen molar-refractivity contribution < 1.29 is 4.74 Å². The van der Waals surface area contributed by atoms with Crippen molar-refractivity contribution in [2.75, 3.05) is 6.61 Å². The molecule has 1 aromatic carbocycles. The van der Waals surface area contributed by atoms with Gasteiger partial charge in [0.2, 0.25) is 0 Å². The second-order valence-electron chi connectivity index (χ2n) is 9.52. The molecule has 0 fully saturated rings. The van der Waals surface area contributed by atoms with Crippen LogP contribution in [0.5, 0.6) is 0 Å². The summed E-state index contributed by atoms with van der Waals surface area (Å²) in [6, 6.07) is 0. The molecule has 1 unspecified atom stereocenters.